The van der Waals surface area contributed by atoms with Gasteiger partial charge in [0.2, 0.25) is 0 Å². The number of benzene rings is 1. The maximum absolute atomic E-state index is 5.51. The summed E-state index contributed by atoms with van der Waals surface area (Å²) in [6.45, 7) is 8.81. The third kappa shape index (κ3) is 7.78. The molecule has 4 rings (SSSR count). The fraction of sp³-hybridized carbons (Fsp3) is 0.560. The van der Waals surface area contributed by atoms with Crippen LogP contribution in [0.1, 0.15) is 36.1 Å². The Labute approximate surface area is 209 Å². The summed E-state index contributed by atoms with van der Waals surface area (Å²) in [4.78, 5) is 7.45. The lowest BCUT2D eigenvalue weighted by Gasteiger charge is -2.33. The van der Waals surface area contributed by atoms with Gasteiger partial charge in [-0.2, -0.15) is 0 Å². The molecule has 2 saturated heterocycles. The molecule has 1 aromatic carbocycles. The summed E-state index contributed by atoms with van der Waals surface area (Å²) in [5.41, 5.74) is 2.82. The zero-order valence-corrected chi connectivity index (χ0v) is 21.4. The van der Waals surface area contributed by atoms with Crippen molar-refractivity contribution in [1.82, 2.24) is 15.5 Å². The first-order valence-electron chi connectivity index (χ1n) is 11.7. The van der Waals surface area contributed by atoms with Crippen LogP contribution in [-0.4, -0.2) is 56.3 Å². The van der Waals surface area contributed by atoms with Crippen LogP contribution < -0.4 is 10.6 Å². The molecule has 0 amide bonds. The second-order valence-electron chi connectivity index (χ2n) is 8.80. The number of nitrogens with one attached hydrogen (secondary N) is 2. The van der Waals surface area contributed by atoms with E-state index in [-0.39, 0.29) is 24.0 Å². The van der Waals surface area contributed by atoms with Crippen molar-refractivity contribution < 1.29 is 9.15 Å². The Morgan fingerprint density at radius 3 is 2.69 bits per heavy atom. The molecule has 0 spiro atoms. The maximum Gasteiger partial charge on any atom is 0.191 e. The van der Waals surface area contributed by atoms with Gasteiger partial charge in [-0.05, 0) is 49.4 Å². The normalized spacial score (nSPS) is 20.2. The summed E-state index contributed by atoms with van der Waals surface area (Å²) >= 11 is 0. The van der Waals surface area contributed by atoms with Crippen molar-refractivity contribution in [2.75, 3.05) is 39.4 Å². The van der Waals surface area contributed by atoms with Crippen molar-refractivity contribution >= 4 is 29.9 Å². The Morgan fingerprint density at radius 2 is 1.97 bits per heavy atom. The minimum absolute atomic E-state index is 0. The van der Waals surface area contributed by atoms with E-state index in [1.807, 2.05) is 12.1 Å². The van der Waals surface area contributed by atoms with Gasteiger partial charge in [-0.15, -0.1) is 24.0 Å². The SMILES string of the molecule is Cc1ccccc1CN1CCC(NC(=NCC2CCOC2)NCCc2ccco2)CC1.I. The summed E-state index contributed by atoms with van der Waals surface area (Å²) in [5, 5.41) is 7.21. The third-order valence-corrected chi connectivity index (χ3v) is 6.36. The molecule has 32 heavy (non-hydrogen) atoms. The largest absolute Gasteiger partial charge is 0.469 e. The lowest BCUT2D eigenvalue weighted by atomic mass is 10.0. The number of furan rings is 1. The molecule has 2 aromatic rings. The van der Waals surface area contributed by atoms with Crippen LogP contribution in [0, 0.1) is 12.8 Å². The second kappa shape index (κ2) is 13.2. The van der Waals surface area contributed by atoms with Crippen LogP contribution in [0.5, 0.6) is 0 Å². The first-order valence-corrected chi connectivity index (χ1v) is 11.7. The summed E-state index contributed by atoms with van der Waals surface area (Å²) < 4.78 is 11.0. The van der Waals surface area contributed by atoms with Gasteiger partial charge in [-0.3, -0.25) is 9.89 Å². The summed E-state index contributed by atoms with van der Waals surface area (Å²) in [5.74, 6) is 2.47. The molecule has 2 N–H and O–H groups in total. The highest BCUT2D eigenvalue weighted by atomic mass is 127. The molecule has 0 bridgehead atoms. The van der Waals surface area contributed by atoms with Gasteiger partial charge in [0, 0.05) is 57.7 Å². The average molecular weight is 553 g/mol. The highest BCUT2D eigenvalue weighted by Gasteiger charge is 2.21. The maximum atomic E-state index is 5.51. The molecule has 0 radical (unpaired) electrons. The fourth-order valence-electron chi connectivity index (χ4n) is 4.32. The summed E-state index contributed by atoms with van der Waals surface area (Å²) in [6.07, 6.45) is 5.97. The van der Waals surface area contributed by atoms with Crippen molar-refractivity contribution in [3.8, 4) is 0 Å². The van der Waals surface area contributed by atoms with Crippen LogP contribution in [0.3, 0.4) is 0 Å². The molecule has 1 unspecified atom stereocenters. The number of hydrogen-bond acceptors (Lipinski definition) is 4. The molecule has 3 heterocycles. The monoisotopic (exact) mass is 552 g/mol. The molecule has 6 nitrogen and oxygen atoms in total. The third-order valence-electron chi connectivity index (χ3n) is 6.36. The first-order chi connectivity index (χ1) is 15.3. The van der Waals surface area contributed by atoms with Crippen molar-refractivity contribution in [3.05, 3.63) is 59.5 Å². The topological polar surface area (TPSA) is 62.0 Å². The summed E-state index contributed by atoms with van der Waals surface area (Å²) in [7, 11) is 0. The van der Waals surface area contributed by atoms with Crippen LogP contribution >= 0.6 is 24.0 Å². The Kier molecular flexibility index (Phi) is 10.3. The number of halogens is 1. The summed E-state index contributed by atoms with van der Waals surface area (Å²) in [6, 6.07) is 13.1. The molecule has 2 fully saturated rings. The van der Waals surface area contributed by atoms with E-state index in [9.17, 15) is 0 Å². The number of ether oxygens (including phenoxy) is 1. The van der Waals surface area contributed by atoms with Gasteiger partial charge in [0.15, 0.2) is 5.96 Å². The Morgan fingerprint density at radius 1 is 1.12 bits per heavy atom. The number of aryl methyl sites for hydroxylation is 1. The lowest BCUT2D eigenvalue weighted by molar-refractivity contribution is 0.187. The number of aliphatic imine (C=N–C) groups is 1. The van der Waals surface area contributed by atoms with Gasteiger partial charge < -0.3 is 19.8 Å². The molecule has 0 aliphatic carbocycles. The van der Waals surface area contributed by atoms with Gasteiger partial charge >= 0.3 is 0 Å². The van der Waals surface area contributed by atoms with Crippen LogP contribution in [0.15, 0.2) is 52.1 Å². The fourth-order valence-corrected chi connectivity index (χ4v) is 4.32. The number of rotatable bonds is 8. The Bertz CT molecular complexity index is 813. The van der Waals surface area contributed by atoms with Crippen molar-refractivity contribution in [2.45, 2.75) is 45.2 Å². The van der Waals surface area contributed by atoms with Gasteiger partial charge in [0.1, 0.15) is 5.76 Å². The molecule has 2 aliphatic heterocycles. The molecule has 1 aromatic heterocycles. The predicted molar refractivity (Wildman–Crippen MR) is 140 cm³/mol. The van der Waals surface area contributed by atoms with Crippen LogP contribution in [-0.2, 0) is 17.7 Å². The van der Waals surface area contributed by atoms with E-state index in [4.69, 9.17) is 14.1 Å². The molecule has 1 atom stereocenters. The van der Waals surface area contributed by atoms with E-state index in [1.165, 1.54) is 11.1 Å². The smallest absolute Gasteiger partial charge is 0.191 e. The number of guanidine groups is 1. The van der Waals surface area contributed by atoms with E-state index in [1.54, 1.807) is 6.26 Å². The van der Waals surface area contributed by atoms with E-state index in [0.717, 1.165) is 83.3 Å². The average Bonchev–Trinajstić information content (AvgIpc) is 3.49. The van der Waals surface area contributed by atoms with Gasteiger partial charge in [-0.25, -0.2) is 0 Å². The lowest BCUT2D eigenvalue weighted by Crippen LogP contribution is -2.49. The Balaban J connectivity index is 0.00000289. The van der Waals surface area contributed by atoms with E-state index < -0.39 is 0 Å². The van der Waals surface area contributed by atoms with E-state index in [2.05, 4.69) is 46.7 Å². The number of hydrogen-bond donors (Lipinski definition) is 2. The van der Waals surface area contributed by atoms with Crippen LogP contribution in [0.25, 0.3) is 0 Å². The molecule has 7 heteroatoms. The number of likely N-dealkylation sites (tertiary alicyclic amines) is 1. The Hall–Kier alpha value is -1.58. The molecular formula is C25H37IN4O2. The first kappa shape index (κ1) is 25.1. The molecule has 176 valence electrons. The standard InChI is InChI=1S/C25H36N4O2.HI/c1-20-5-2-3-6-22(20)18-29-13-9-23(10-14-29)28-25(27-17-21-11-16-30-19-21)26-12-8-24-7-4-15-31-24;/h2-7,15,21,23H,8-14,16-19H2,1H3,(H2,26,27,28);1H. The minimum atomic E-state index is 0. The van der Waals surface area contributed by atoms with Crippen LogP contribution in [0.2, 0.25) is 0 Å². The van der Waals surface area contributed by atoms with E-state index >= 15 is 0 Å². The zero-order chi connectivity index (χ0) is 21.3. The molecular weight excluding hydrogens is 515 g/mol. The number of nitrogens with zero attached hydrogens (tertiary/aromatic N) is 2. The van der Waals surface area contributed by atoms with Gasteiger partial charge in [0.25, 0.3) is 0 Å². The predicted octanol–water partition coefficient (Wildman–Crippen LogP) is 3.98. The minimum Gasteiger partial charge on any atom is -0.469 e. The van der Waals surface area contributed by atoms with Gasteiger partial charge in [-0.1, -0.05) is 24.3 Å². The zero-order valence-electron chi connectivity index (χ0n) is 19.1. The van der Waals surface area contributed by atoms with Crippen LogP contribution in [0.4, 0.5) is 0 Å². The highest BCUT2D eigenvalue weighted by molar-refractivity contribution is 14.0. The molecule has 2 aliphatic rings. The molecule has 0 saturated carbocycles. The highest BCUT2D eigenvalue weighted by Crippen LogP contribution is 2.16. The van der Waals surface area contributed by atoms with E-state index in [0.29, 0.717) is 12.0 Å². The van der Waals surface area contributed by atoms with Crippen molar-refractivity contribution in [1.29, 1.82) is 0 Å². The number of piperidine rings is 1. The second-order valence-corrected chi connectivity index (χ2v) is 8.80. The van der Waals surface area contributed by atoms with Gasteiger partial charge in [0.05, 0.1) is 12.9 Å². The van der Waals surface area contributed by atoms with Crippen molar-refractivity contribution in [3.63, 3.8) is 0 Å². The van der Waals surface area contributed by atoms with Crippen molar-refractivity contribution in [2.24, 2.45) is 10.9 Å². The quantitative estimate of drug-likeness (QED) is 0.295.